The number of amides is 1. The van der Waals surface area contributed by atoms with Crippen molar-refractivity contribution in [2.24, 2.45) is 0 Å². The van der Waals surface area contributed by atoms with Crippen molar-refractivity contribution in [3.8, 4) is 17.0 Å². The molecule has 0 saturated heterocycles. The molecule has 0 aliphatic heterocycles. The van der Waals surface area contributed by atoms with Crippen LogP contribution < -0.4 is 10.1 Å². The van der Waals surface area contributed by atoms with Gasteiger partial charge in [-0.15, -0.1) is 11.3 Å². The molecule has 4 nitrogen and oxygen atoms in total. The third-order valence-electron chi connectivity index (χ3n) is 4.58. The van der Waals surface area contributed by atoms with Gasteiger partial charge in [0, 0.05) is 15.4 Å². The number of hydrogen-bond acceptors (Lipinski definition) is 4. The number of ether oxygens (including phenoxy) is 1. The first-order valence-electron chi connectivity index (χ1n) is 8.93. The fourth-order valence-electron chi connectivity index (χ4n) is 3.19. The van der Waals surface area contributed by atoms with Crippen LogP contribution in [0.2, 0.25) is 0 Å². The van der Waals surface area contributed by atoms with E-state index >= 15 is 0 Å². The van der Waals surface area contributed by atoms with Crippen LogP contribution in [0.4, 0.5) is 5.13 Å². The molecule has 0 unspecified atom stereocenters. The third-order valence-corrected chi connectivity index (χ3v) is 5.86. The highest BCUT2D eigenvalue weighted by molar-refractivity contribution is 9.10. The van der Waals surface area contributed by atoms with Gasteiger partial charge in [-0.1, -0.05) is 28.1 Å². The van der Waals surface area contributed by atoms with Gasteiger partial charge in [0.15, 0.2) is 11.7 Å². The molecule has 1 N–H and O–H groups in total. The van der Waals surface area contributed by atoms with E-state index in [1.54, 1.807) is 0 Å². The normalized spacial score (nSPS) is 13.1. The Morgan fingerprint density at radius 2 is 1.89 bits per heavy atom. The molecule has 6 heteroatoms. The molecule has 4 rings (SSSR count). The summed E-state index contributed by atoms with van der Waals surface area (Å²) in [6.07, 6.45) is 4.85. The topological polar surface area (TPSA) is 51.2 Å². The molecule has 27 heavy (non-hydrogen) atoms. The Hall–Kier alpha value is -2.18. The third kappa shape index (κ3) is 4.57. The van der Waals surface area contributed by atoms with Gasteiger partial charge in [0.05, 0.1) is 5.69 Å². The number of benzene rings is 2. The van der Waals surface area contributed by atoms with Gasteiger partial charge < -0.3 is 4.74 Å². The van der Waals surface area contributed by atoms with Crippen molar-refractivity contribution in [2.45, 2.75) is 25.7 Å². The zero-order valence-corrected chi connectivity index (χ0v) is 17.1. The van der Waals surface area contributed by atoms with Crippen LogP contribution in [0.5, 0.6) is 5.75 Å². The van der Waals surface area contributed by atoms with Crippen molar-refractivity contribution >= 4 is 38.3 Å². The quantitative estimate of drug-likeness (QED) is 0.569. The Morgan fingerprint density at radius 1 is 1.11 bits per heavy atom. The average molecular weight is 443 g/mol. The summed E-state index contributed by atoms with van der Waals surface area (Å²) in [4.78, 5) is 16.7. The lowest BCUT2D eigenvalue weighted by Crippen LogP contribution is -2.20. The van der Waals surface area contributed by atoms with Crippen LogP contribution in [-0.2, 0) is 17.6 Å². The summed E-state index contributed by atoms with van der Waals surface area (Å²) < 4.78 is 6.46. The number of anilines is 1. The van der Waals surface area contributed by atoms with E-state index in [-0.39, 0.29) is 12.5 Å². The highest BCUT2D eigenvalue weighted by Crippen LogP contribution is 2.29. The van der Waals surface area contributed by atoms with E-state index in [9.17, 15) is 4.79 Å². The summed E-state index contributed by atoms with van der Waals surface area (Å²) in [5.41, 5.74) is 4.90. The summed E-state index contributed by atoms with van der Waals surface area (Å²) in [5.74, 6) is 0.437. The second-order valence-electron chi connectivity index (χ2n) is 6.52. The number of aromatic nitrogens is 1. The number of nitrogens with one attached hydrogen (secondary N) is 1. The van der Waals surface area contributed by atoms with Crippen molar-refractivity contribution < 1.29 is 9.53 Å². The number of hydrogen-bond donors (Lipinski definition) is 1. The minimum absolute atomic E-state index is 0.0462. The van der Waals surface area contributed by atoms with Crippen molar-refractivity contribution in [1.29, 1.82) is 0 Å². The van der Waals surface area contributed by atoms with E-state index in [0.717, 1.165) is 22.2 Å². The maximum atomic E-state index is 12.1. The largest absolute Gasteiger partial charge is 0.484 e. The number of carbonyl (C=O) groups excluding carboxylic acids is 1. The lowest BCUT2D eigenvalue weighted by Gasteiger charge is -2.16. The van der Waals surface area contributed by atoms with Crippen LogP contribution in [0.15, 0.2) is 52.3 Å². The lowest BCUT2D eigenvalue weighted by molar-refractivity contribution is -0.118. The van der Waals surface area contributed by atoms with Gasteiger partial charge >= 0.3 is 0 Å². The van der Waals surface area contributed by atoms with E-state index in [0.29, 0.717) is 10.9 Å². The summed E-state index contributed by atoms with van der Waals surface area (Å²) >= 11 is 4.80. The van der Waals surface area contributed by atoms with Crippen LogP contribution in [-0.4, -0.2) is 17.5 Å². The molecule has 138 valence electrons. The number of nitrogens with zero attached hydrogens (tertiary/aromatic N) is 1. The Balaban J connectivity index is 1.37. The van der Waals surface area contributed by atoms with Gasteiger partial charge in [0.25, 0.3) is 5.91 Å². The van der Waals surface area contributed by atoms with Crippen molar-refractivity contribution in [3.05, 3.63) is 63.4 Å². The van der Waals surface area contributed by atoms with E-state index < -0.39 is 0 Å². The van der Waals surface area contributed by atoms with Gasteiger partial charge in [-0.25, -0.2) is 4.98 Å². The highest BCUT2D eigenvalue weighted by Gasteiger charge is 2.13. The van der Waals surface area contributed by atoms with E-state index in [4.69, 9.17) is 4.74 Å². The van der Waals surface area contributed by atoms with Crippen LogP contribution in [0.25, 0.3) is 11.3 Å². The van der Waals surface area contributed by atoms with E-state index in [1.165, 1.54) is 41.7 Å². The first kappa shape index (κ1) is 18.2. The zero-order chi connectivity index (χ0) is 18.6. The summed E-state index contributed by atoms with van der Waals surface area (Å²) in [5, 5.41) is 5.38. The predicted octanol–water partition coefficient (Wildman–Crippen LogP) is 5.47. The monoisotopic (exact) mass is 442 g/mol. The number of rotatable bonds is 5. The van der Waals surface area contributed by atoms with Gasteiger partial charge in [-0.05, 0) is 67.1 Å². The fourth-order valence-corrected chi connectivity index (χ4v) is 4.19. The second-order valence-corrected chi connectivity index (χ2v) is 8.29. The van der Waals surface area contributed by atoms with Gasteiger partial charge in [0.1, 0.15) is 5.75 Å². The van der Waals surface area contributed by atoms with Crippen LogP contribution in [0.1, 0.15) is 24.0 Å². The predicted molar refractivity (Wildman–Crippen MR) is 112 cm³/mol. The van der Waals surface area contributed by atoms with E-state index in [2.05, 4.69) is 44.4 Å². The smallest absolute Gasteiger partial charge is 0.264 e. The Morgan fingerprint density at radius 3 is 2.70 bits per heavy atom. The molecule has 0 bridgehead atoms. The zero-order valence-electron chi connectivity index (χ0n) is 14.7. The minimum atomic E-state index is -0.218. The standard InChI is InChI=1S/C21H19BrN2O2S/c22-17-7-9-18(10-8-17)26-12-20(25)24-21-23-19(13-27-21)16-6-5-14-3-1-2-4-15(14)11-16/h5-11,13H,1-4,12H2,(H,23,24,25). The SMILES string of the molecule is O=C(COc1ccc(Br)cc1)Nc1nc(-c2ccc3c(c2)CCCC3)cs1. The lowest BCUT2D eigenvalue weighted by atomic mass is 9.90. The maximum Gasteiger partial charge on any atom is 0.264 e. The molecule has 1 aliphatic rings. The van der Waals surface area contributed by atoms with E-state index in [1.807, 2.05) is 29.6 Å². The molecule has 3 aromatic rings. The molecule has 0 fully saturated rings. The second kappa shape index (κ2) is 8.23. The number of carbonyl (C=O) groups is 1. The number of halogens is 1. The molecule has 1 aromatic heterocycles. The summed E-state index contributed by atoms with van der Waals surface area (Å²) in [6, 6.07) is 14.0. The molecule has 1 heterocycles. The van der Waals surface area contributed by atoms with Gasteiger partial charge in [0.2, 0.25) is 0 Å². The number of thiazole rings is 1. The summed E-state index contributed by atoms with van der Waals surface area (Å²) in [7, 11) is 0. The minimum Gasteiger partial charge on any atom is -0.484 e. The average Bonchev–Trinajstić information content (AvgIpc) is 3.15. The van der Waals surface area contributed by atoms with Crippen molar-refractivity contribution in [3.63, 3.8) is 0 Å². The first-order valence-corrected chi connectivity index (χ1v) is 10.6. The molecule has 0 atom stereocenters. The van der Waals surface area contributed by atoms with Crippen LogP contribution >= 0.6 is 27.3 Å². The Labute approximate surface area is 170 Å². The molecular weight excluding hydrogens is 424 g/mol. The molecule has 0 radical (unpaired) electrons. The number of aryl methyl sites for hydroxylation is 2. The van der Waals surface area contributed by atoms with Crippen LogP contribution in [0.3, 0.4) is 0 Å². The molecule has 1 amide bonds. The van der Waals surface area contributed by atoms with Crippen molar-refractivity contribution in [2.75, 3.05) is 11.9 Å². The molecule has 0 spiro atoms. The molecular formula is C21H19BrN2O2S. The Bertz CT molecular complexity index is 953. The Kier molecular flexibility index (Phi) is 5.55. The molecule has 2 aromatic carbocycles. The molecule has 1 aliphatic carbocycles. The fraction of sp³-hybridized carbons (Fsp3) is 0.238. The number of fused-ring (bicyclic) bond motifs is 1. The maximum absolute atomic E-state index is 12.1. The van der Waals surface area contributed by atoms with Crippen LogP contribution in [0, 0.1) is 0 Å². The van der Waals surface area contributed by atoms with Gasteiger partial charge in [-0.2, -0.15) is 0 Å². The highest BCUT2D eigenvalue weighted by atomic mass is 79.9. The van der Waals surface area contributed by atoms with Gasteiger partial charge in [-0.3, -0.25) is 10.1 Å². The summed E-state index contributed by atoms with van der Waals surface area (Å²) in [6.45, 7) is -0.0462. The first-order chi connectivity index (χ1) is 13.2. The molecule has 0 saturated carbocycles. The van der Waals surface area contributed by atoms with Crippen molar-refractivity contribution in [1.82, 2.24) is 4.98 Å².